The summed E-state index contributed by atoms with van der Waals surface area (Å²) < 4.78 is 27.6. The lowest BCUT2D eigenvalue weighted by Crippen LogP contribution is -2.28. The first-order chi connectivity index (χ1) is 17.7. The van der Waals surface area contributed by atoms with Crippen LogP contribution in [0.4, 0.5) is 11.4 Å². The molecule has 0 aliphatic carbocycles. The van der Waals surface area contributed by atoms with Gasteiger partial charge in [0.25, 0.3) is 21.8 Å². The van der Waals surface area contributed by atoms with Crippen molar-refractivity contribution in [2.45, 2.75) is 17.9 Å². The number of para-hydroxylation sites is 1. The normalized spacial score (nSPS) is 11.8. The molecule has 0 unspecified atom stereocenters. The van der Waals surface area contributed by atoms with Gasteiger partial charge in [0.05, 0.1) is 32.9 Å². The lowest BCUT2D eigenvalue weighted by Gasteiger charge is -2.16. The first-order valence-electron chi connectivity index (χ1n) is 11.4. The van der Waals surface area contributed by atoms with Crippen molar-refractivity contribution in [2.75, 3.05) is 10.0 Å². The van der Waals surface area contributed by atoms with Gasteiger partial charge < -0.3 is 10.6 Å². The van der Waals surface area contributed by atoms with E-state index in [0.717, 1.165) is 5.56 Å². The zero-order valence-corrected chi connectivity index (χ0v) is 21.4. The molecule has 0 saturated carbocycles. The van der Waals surface area contributed by atoms with E-state index < -0.39 is 15.9 Å². The van der Waals surface area contributed by atoms with Gasteiger partial charge in [-0.3, -0.25) is 14.3 Å². The number of hydrogen-bond donors (Lipinski definition) is 3. The Bertz CT molecular complexity index is 1530. The largest absolute Gasteiger partial charge is 0.345 e. The van der Waals surface area contributed by atoms with E-state index in [1.54, 1.807) is 42.5 Å². The summed E-state index contributed by atoms with van der Waals surface area (Å²) in [6.07, 6.45) is 0. The third-order valence-corrected chi connectivity index (χ3v) is 7.29. The molecule has 0 aromatic heterocycles. The summed E-state index contributed by atoms with van der Waals surface area (Å²) in [6.45, 7) is 1.88. The maximum Gasteiger partial charge on any atom is 0.261 e. The molecule has 0 aliphatic heterocycles. The van der Waals surface area contributed by atoms with Crippen LogP contribution < -0.4 is 15.4 Å². The van der Waals surface area contributed by atoms with Gasteiger partial charge in [0.15, 0.2) is 0 Å². The quantitative estimate of drug-likeness (QED) is 0.263. The van der Waals surface area contributed by atoms with Crippen LogP contribution in [0.1, 0.15) is 39.2 Å². The Morgan fingerprint density at radius 1 is 0.757 bits per heavy atom. The van der Waals surface area contributed by atoms with E-state index in [4.69, 9.17) is 11.6 Å². The minimum absolute atomic E-state index is 0.0508. The number of benzene rings is 4. The van der Waals surface area contributed by atoms with Crippen molar-refractivity contribution in [1.82, 2.24) is 5.32 Å². The minimum atomic E-state index is -3.84. The monoisotopic (exact) mass is 533 g/mol. The van der Waals surface area contributed by atoms with Gasteiger partial charge in [-0.05, 0) is 55.0 Å². The Labute approximate surface area is 220 Å². The molecule has 0 radical (unpaired) electrons. The molecule has 37 heavy (non-hydrogen) atoms. The first-order valence-corrected chi connectivity index (χ1v) is 13.2. The van der Waals surface area contributed by atoms with Crippen LogP contribution in [0.25, 0.3) is 0 Å². The summed E-state index contributed by atoms with van der Waals surface area (Å²) in [6, 6.07) is 28.1. The number of rotatable bonds is 8. The van der Waals surface area contributed by atoms with E-state index >= 15 is 0 Å². The van der Waals surface area contributed by atoms with E-state index in [2.05, 4.69) is 15.4 Å². The van der Waals surface area contributed by atoms with Gasteiger partial charge in [-0.15, -0.1) is 0 Å². The molecule has 4 rings (SSSR count). The van der Waals surface area contributed by atoms with Gasteiger partial charge >= 0.3 is 0 Å². The average Bonchev–Trinajstić information content (AvgIpc) is 2.91. The van der Waals surface area contributed by atoms with E-state index in [-0.39, 0.29) is 33.1 Å². The van der Waals surface area contributed by atoms with Crippen LogP contribution in [0.15, 0.2) is 108 Å². The fraction of sp³-hybridized carbons (Fsp3) is 0.0714. The third kappa shape index (κ3) is 6.35. The molecule has 4 aromatic carbocycles. The lowest BCUT2D eigenvalue weighted by molar-refractivity contribution is 0.0940. The molecule has 7 nitrogen and oxygen atoms in total. The number of hydrogen-bond acceptors (Lipinski definition) is 4. The summed E-state index contributed by atoms with van der Waals surface area (Å²) in [5, 5.41) is 5.74. The number of anilines is 2. The van der Waals surface area contributed by atoms with Gasteiger partial charge in [0.1, 0.15) is 0 Å². The number of nitrogens with one attached hydrogen (secondary N) is 3. The standard InChI is InChI=1S/C28H24ClN3O4S/c1-19(20-10-4-2-5-11-20)30-28(34)23-14-8-9-15-25(23)31-27(33)21-16-17-26(24(29)18-21)32-37(35,36)22-12-6-3-7-13-22/h2-19,32H,1H3,(H,30,34)(H,31,33)/t19-/m1/s1. The van der Waals surface area contributed by atoms with Gasteiger partial charge in [-0.1, -0.05) is 72.3 Å². The second kappa shape index (κ2) is 11.3. The minimum Gasteiger partial charge on any atom is -0.345 e. The summed E-state index contributed by atoms with van der Waals surface area (Å²) in [4.78, 5) is 26.0. The highest BCUT2D eigenvalue weighted by Gasteiger charge is 2.19. The average molecular weight is 534 g/mol. The molecule has 0 saturated heterocycles. The summed E-state index contributed by atoms with van der Waals surface area (Å²) in [5.41, 5.74) is 1.92. The summed E-state index contributed by atoms with van der Waals surface area (Å²) >= 11 is 6.30. The predicted molar refractivity (Wildman–Crippen MR) is 145 cm³/mol. The Morgan fingerprint density at radius 2 is 1.38 bits per heavy atom. The smallest absolute Gasteiger partial charge is 0.261 e. The van der Waals surface area contributed by atoms with Crippen LogP contribution in [0.5, 0.6) is 0 Å². The zero-order valence-electron chi connectivity index (χ0n) is 19.8. The molecule has 0 fully saturated rings. The molecule has 0 bridgehead atoms. The first kappa shape index (κ1) is 25.9. The predicted octanol–water partition coefficient (Wildman–Crippen LogP) is 5.88. The maximum absolute atomic E-state index is 13.0. The summed E-state index contributed by atoms with van der Waals surface area (Å²) in [7, 11) is -3.84. The van der Waals surface area contributed by atoms with Crippen molar-refractivity contribution in [3.8, 4) is 0 Å². The molecular formula is C28H24ClN3O4S. The van der Waals surface area contributed by atoms with Crippen LogP contribution >= 0.6 is 11.6 Å². The SMILES string of the molecule is C[C@@H](NC(=O)c1ccccc1NC(=O)c1ccc(NS(=O)(=O)c2ccccc2)c(Cl)c1)c1ccccc1. The molecule has 3 N–H and O–H groups in total. The molecule has 188 valence electrons. The van der Waals surface area contributed by atoms with Gasteiger partial charge in [0.2, 0.25) is 0 Å². The van der Waals surface area contributed by atoms with Crippen molar-refractivity contribution in [1.29, 1.82) is 0 Å². The van der Waals surface area contributed by atoms with Crippen molar-refractivity contribution >= 4 is 44.8 Å². The maximum atomic E-state index is 13.0. The lowest BCUT2D eigenvalue weighted by atomic mass is 10.1. The second-order valence-corrected chi connectivity index (χ2v) is 10.3. The zero-order chi connectivity index (χ0) is 26.4. The molecular weight excluding hydrogens is 510 g/mol. The highest BCUT2D eigenvalue weighted by molar-refractivity contribution is 7.92. The van der Waals surface area contributed by atoms with Crippen molar-refractivity contribution < 1.29 is 18.0 Å². The van der Waals surface area contributed by atoms with Crippen LogP contribution in [-0.4, -0.2) is 20.2 Å². The van der Waals surface area contributed by atoms with Gasteiger partial charge in [0, 0.05) is 5.56 Å². The highest BCUT2D eigenvalue weighted by atomic mass is 35.5. The van der Waals surface area contributed by atoms with Crippen molar-refractivity contribution in [3.05, 3.63) is 125 Å². The van der Waals surface area contributed by atoms with Crippen molar-refractivity contribution in [2.24, 2.45) is 0 Å². The number of amides is 2. The molecule has 0 aliphatic rings. The number of carbonyl (C=O) groups is 2. The molecule has 2 amide bonds. The van der Waals surface area contributed by atoms with Crippen molar-refractivity contribution in [3.63, 3.8) is 0 Å². The van der Waals surface area contributed by atoms with E-state index in [9.17, 15) is 18.0 Å². The molecule has 9 heteroatoms. The third-order valence-electron chi connectivity index (χ3n) is 5.60. The topological polar surface area (TPSA) is 104 Å². The van der Waals surface area contributed by atoms with E-state index in [1.807, 2.05) is 37.3 Å². The fourth-order valence-corrected chi connectivity index (χ4v) is 5.01. The number of halogens is 1. The second-order valence-electron chi connectivity index (χ2n) is 8.22. The van der Waals surface area contributed by atoms with Crippen LogP contribution in [0.2, 0.25) is 5.02 Å². The van der Waals surface area contributed by atoms with Gasteiger partial charge in [-0.25, -0.2) is 8.42 Å². The van der Waals surface area contributed by atoms with Crippen LogP contribution in [0.3, 0.4) is 0 Å². The van der Waals surface area contributed by atoms with E-state index in [0.29, 0.717) is 11.3 Å². The Balaban J connectivity index is 1.48. The Hall–Kier alpha value is -4.14. The van der Waals surface area contributed by atoms with Crippen LogP contribution in [-0.2, 0) is 10.0 Å². The highest BCUT2D eigenvalue weighted by Crippen LogP contribution is 2.27. The summed E-state index contributed by atoms with van der Waals surface area (Å²) in [5.74, 6) is -0.841. The number of sulfonamides is 1. The fourth-order valence-electron chi connectivity index (χ4n) is 3.63. The Kier molecular flexibility index (Phi) is 7.91. The Morgan fingerprint density at radius 3 is 2.05 bits per heavy atom. The molecule has 0 spiro atoms. The van der Waals surface area contributed by atoms with Crippen LogP contribution in [0, 0.1) is 0 Å². The molecule has 1 atom stereocenters. The van der Waals surface area contributed by atoms with E-state index in [1.165, 1.54) is 30.3 Å². The molecule has 4 aromatic rings. The number of carbonyl (C=O) groups excluding carboxylic acids is 2. The molecule has 0 heterocycles. The van der Waals surface area contributed by atoms with Gasteiger partial charge in [-0.2, -0.15) is 0 Å².